The van der Waals surface area contributed by atoms with Gasteiger partial charge in [-0.1, -0.05) is 0 Å². The SMILES string of the molecule is COc1cc(C2NCCCn3cccc32)cc(OC)c1OC. The minimum absolute atomic E-state index is 0.117. The molecule has 1 aliphatic heterocycles. The van der Waals surface area contributed by atoms with Crippen LogP contribution in [-0.2, 0) is 6.54 Å². The summed E-state index contributed by atoms with van der Waals surface area (Å²) < 4.78 is 18.6. The summed E-state index contributed by atoms with van der Waals surface area (Å²) in [7, 11) is 4.91. The Kier molecular flexibility index (Phi) is 4.24. The van der Waals surface area contributed by atoms with Crippen LogP contribution in [0.4, 0.5) is 0 Å². The number of benzene rings is 1. The molecular weight excluding hydrogens is 280 g/mol. The van der Waals surface area contributed by atoms with Crippen LogP contribution in [0, 0.1) is 0 Å². The Morgan fingerprint density at radius 2 is 1.82 bits per heavy atom. The van der Waals surface area contributed by atoms with E-state index in [9.17, 15) is 0 Å². The molecule has 1 N–H and O–H groups in total. The van der Waals surface area contributed by atoms with Gasteiger partial charge in [0, 0.05) is 18.4 Å². The third kappa shape index (κ3) is 2.52. The maximum Gasteiger partial charge on any atom is 0.203 e. The Balaban J connectivity index is 2.08. The number of nitrogens with zero attached hydrogens (tertiary/aromatic N) is 1. The standard InChI is InChI=1S/C17H22N2O3/c1-20-14-10-12(11-15(21-2)17(14)22-3)16-13-6-4-8-19(13)9-5-7-18-16/h4,6,8,10-11,16,18H,5,7,9H2,1-3H3. The van der Waals surface area contributed by atoms with E-state index in [1.54, 1.807) is 21.3 Å². The lowest BCUT2D eigenvalue weighted by molar-refractivity contribution is 0.323. The molecule has 22 heavy (non-hydrogen) atoms. The van der Waals surface area contributed by atoms with Crippen LogP contribution in [-0.4, -0.2) is 32.4 Å². The van der Waals surface area contributed by atoms with Crippen LogP contribution < -0.4 is 19.5 Å². The molecule has 3 rings (SSSR count). The average Bonchev–Trinajstić information content (AvgIpc) is 2.92. The molecule has 1 aliphatic rings. The lowest BCUT2D eigenvalue weighted by Gasteiger charge is -2.21. The van der Waals surface area contributed by atoms with E-state index in [1.807, 2.05) is 12.1 Å². The van der Waals surface area contributed by atoms with Crippen molar-refractivity contribution in [1.82, 2.24) is 9.88 Å². The van der Waals surface area contributed by atoms with Gasteiger partial charge in [0.2, 0.25) is 5.75 Å². The van der Waals surface area contributed by atoms with Crippen molar-refractivity contribution in [1.29, 1.82) is 0 Å². The predicted molar refractivity (Wildman–Crippen MR) is 85.0 cm³/mol. The molecule has 5 nitrogen and oxygen atoms in total. The summed E-state index contributed by atoms with van der Waals surface area (Å²) in [5, 5.41) is 3.61. The van der Waals surface area contributed by atoms with Crippen molar-refractivity contribution in [3.05, 3.63) is 41.7 Å². The third-order valence-corrected chi connectivity index (χ3v) is 4.11. The molecule has 5 heteroatoms. The topological polar surface area (TPSA) is 44.7 Å². The third-order valence-electron chi connectivity index (χ3n) is 4.11. The van der Waals surface area contributed by atoms with E-state index in [2.05, 4.69) is 28.2 Å². The van der Waals surface area contributed by atoms with Gasteiger partial charge < -0.3 is 24.1 Å². The summed E-state index contributed by atoms with van der Waals surface area (Å²) in [6.45, 7) is 2.01. The molecule has 2 aromatic rings. The fourth-order valence-corrected chi connectivity index (χ4v) is 3.05. The van der Waals surface area contributed by atoms with E-state index in [0.717, 1.165) is 25.1 Å². The van der Waals surface area contributed by atoms with E-state index in [-0.39, 0.29) is 6.04 Å². The van der Waals surface area contributed by atoms with Crippen LogP contribution in [0.5, 0.6) is 17.2 Å². The first-order valence-electron chi connectivity index (χ1n) is 7.46. The zero-order chi connectivity index (χ0) is 15.5. The fourth-order valence-electron chi connectivity index (χ4n) is 3.05. The Morgan fingerprint density at radius 3 is 2.45 bits per heavy atom. The highest BCUT2D eigenvalue weighted by Crippen LogP contribution is 2.41. The average molecular weight is 302 g/mol. The second-order valence-electron chi connectivity index (χ2n) is 5.33. The number of ether oxygens (including phenoxy) is 3. The molecule has 1 unspecified atom stereocenters. The summed E-state index contributed by atoms with van der Waals surface area (Å²) in [5.41, 5.74) is 2.36. The van der Waals surface area contributed by atoms with Crippen molar-refractivity contribution in [3.63, 3.8) is 0 Å². The summed E-state index contributed by atoms with van der Waals surface area (Å²) >= 11 is 0. The van der Waals surface area contributed by atoms with Crippen molar-refractivity contribution < 1.29 is 14.2 Å². The minimum Gasteiger partial charge on any atom is -0.493 e. The zero-order valence-corrected chi connectivity index (χ0v) is 13.3. The second-order valence-corrected chi connectivity index (χ2v) is 5.33. The van der Waals surface area contributed by atoms with Gasteiger partial charge in [0.25, 0.3) is 0 Å². The van der Waals surface area contributed by atoms with Gasteiger partial charge in [-0.15, -0.1) is 0 Å². The Morgan fingerprint density at radius 1 is 1.09 bits per heavy atom. The first-order valence-corrected chi connectivity index (χ1v) is 7.46. The highest BCUT2D eigenvalue weighted by atomic mass is 16.5. The maximum atomic E-state index is 5.47. The van der Waals surface area contributed by atoms with Crippen LogP contribution in [0.2, 0.25) is 0 Å². The molecule has 0 aliphatic carbocycles. The highest BCUT2D eigenvalue weighted by Gasteiger charge is 2.23. The second kappa shape index (κ2) is 6.32. The highest BCUT2D eigenvalue weighted by molar-refractivity contribution is 5.55. The number of fused-ring (bicyclic) bond motifs is 1. The molecule has 2 heterocycles. The number of methoxy groups -OCH3 is 3. The minimum atomic E-state index is 0.117. The molecular formula is C17H22N2O3. The van der Waals surface area contributed by atoms with Gasteiger partial charge in [0.05, 0.1) is 27.4 Å². The molecule has 1 aromatic heterocycles. The zero-order valence-electron chi connectivity index (χ0n) is 13.3. The van der Waals surface area contributed by atoms with Crippen LogP contribution >= 0.6 is 0 Å². The van der Waals surface area contributed by atoms with Crippen molar-refractivity contribution in [2.75, 3.05) is 27.9 Å². The Hall–Kier alpha value is -2.14. The molecule has 0 radical (unpaired) electrons. The van der Waals surface area contributed by atoms with E-state index < -0.39 is 0 Å². The van der Waals surface area contributed by atoms with Gasteiger partial charge in [-0.3, -0.25) is 0 Å². The fraction of sp³-hybridized carbons (Fsp3) is 0.412. The summed E-state index contributed by atoms with van der Waals surface area (Å²) in [5.74, 6) is 1.99. The quantitative estimate of drug-likeness (QED) is 0.943. The number of aromatic nitrogens is 1. The molecule has 1 aromatic carbocycles. The Labute approximate surface area is 130 Å². The van der Waals surface area contributed by atoms with Crippen molar-refractivity contribution in [3.8, 4) is 17.2 Å². The smallest absolute Gasteiger partial charge is 0.203 e. The summed E-state index contributed by atoms with van der Waals surface area (Å²) in [6, 6.07) is 8.40. The first-order chi connectivity index (χ1) is 10.8. The number of nitrogens with one attached hydrogen (secondary N) is 1. The van der Waals surface area contributed by atoms with Gasteiger partial charge >= 0.3 is 0 Å². The lowest BCUT2D eigenvalue weighted by Crippen LogP contribution is -2.22. The number of rotatable bonds is 4. The molecule has 0 fully saturated rings. The van der Waals surface area contributed by atoms with Gasteiger partial charge in [-0.2, -0.15) is 0 Å². The number of hydrogen-bond donors (Lipinski definition) is 1. The van der Waals surface area contributed by atoms with E-state index in [1.165, 1.54) is 5.69 Å². The largest absolute Gasteiger partial charge is 0.493 e. The van der Waals surface area contributed by atoms with E-state index >= 15 is 0 Å². The molecule has 118 valence electrons. The van der Waals surface area contributed by atoms with E-state index in [0.29, 0.717) is 17.2 Å². The van der Waals surface area contributed by atoms with Gasteiger partial charge in [0.1, 0.15) is 0 Å². The molecule has 0 spiro atoms. The van der Waals surface area contributed by atoms with Crippen LogP contribution in [0.1, 0.15) is 23.7 Å². The summed E-state index contributed by atoms with van der Waals surface area (Å²) in [6.07, 6.45) is 3.25. The maximum absolute atomic E-state index is 5.47. The Bertz CT molecular complexity index is 626. The molecule has 0 saturated carbocycles. The van der Waals surface area contributed by atoms with E-state index in [4.69, 9.17) is 14.2 Å². The number of aryl methyl sites for hydroxylation is 1. The lowest BCUT2D eigenvalue weighted by atomic mass is 10.0. The van der Waals surface area contributed by atoms with Gasteiger partial charge in [-0.05, 0) is 42.8 Å². The predicted octanol–water partition coefficient (Wildman–Crippen LogP) is 2.60. The van der Waals surface area contributed by atoms with Crippen LogP contribution in [0.3, 0.4) is 0 Å². The molecule has 0 bridgehead atoms. The van der Waals surface area contributed by atoms with Crippen molar-refractivity contribution in [2.45, 2.75) is 19.0 Å². The first kappa shape index (κ1) is 14.8. The van der Waals surface area contributed by atoms with Crippen LogP contribution in [0.15, 0.2) is 30.5 Å². The van der Waals surface area contributed by atoms with Crippen LogP contribution in [0.25, 0.3) is 0 Å². The number of hydrogen-bond acceptors (Lipinski definition) is 4. The molecule has 0 saturated heterocycles. The molecule has 1 atom stereocenters. The van der Waals surface area contributed by atoms with Gasteiger partial charge in [-0.25, -0.2) is 0 Å². The van der Waals surface area contributed by atoms with Gasteiger partial charge in [0.15, 0.2) is 11.5 Å². The monoisotopic (exact) mass is 302 g/mol. The summed E-state index contributed by atoms with van der Waals surface area (Å²) in [4.78, 5) is 0. The normalized spacial score (nSPS) is 17.5. The molecule has 0 amide bonds. The van der Waals surface area contributed by atoms with Crippen molar-refractivity contribution >= 4 is 0 Å². The van der Waals surface area contributed by atoms with Crippen molar-refractivity contribution in [2.24, 2.45) is 0 Å².